The minimum Gasteiger partial charge on any atom is -0.368 e. The fraction of sp³-hybridized carbons (Fsp3) is 0.609. The molecular weight excluding hydrogens is 380 g/mol. The van der Waals surface area contributed by atoms with Gasteiger partial charge in [-0.15, -0.1) is 0 Å². The molecule has 4 aliphatic heterocycles. The third-order valence-electron chi connectivity index (χ3n) is 7.13. The second-order valence-corrected chi connectivity index (χ2v) is 10.1. The molecule has 0 spiro atoms. The standard InChI is InChI=1S/C23H30N4O3/c1-23(2,3)27-16-4-5-17(27)13-25(12-16)15-6-7-18-14(10-15)11-26(22(18)30)19-8-9-20(28)24-21(19)29/h6-7,10,16-17,19H,4-5,8-9,11-13H2,1-3H3,(H,24,28,29)/t16?,17?,19-/m0/s1. The molecule has 0 aliphatic carbocycles. The van der Waals surface area contributed by atoms with Gasteiger partial charge < -0.3 is 9.80 Å². The molecule has 5 rings (SSSR count). The molecule has 3 fully saturated rings. The third-order valence-corrected chi connectivity index (χ3v) is 7.13. The zero-order chi connectivity index (χ0) is 21.2. The van der Waals surface area contributed by atoms with Gasteiger partial charge in [0, 0.05) is 54.9 Å². The van der Waals surface area contributed by atoms with Crippen molar-refractivity contribution >= 4 is 23.4 Å². The van der Waals surface area contributed by atoms with E-state index < -0.39 is 6.04 Å². The molecule has 3 atom stereocenters. The van der Waals surface area contributed by atoms with Crippen molar-refractivity contribution in [3.8, 4) is 0 Å². The molecular formula is C23H30N4O3. The normalized spacial score (nSPS) is 29.4. The lowest BCUT2D eigenvalue weighted by Crippen LogP contribution is -2.60. The maximum atomic E-state index is 12.9. The Bertz CT molecular complexity index is 908. The second kappa shape index (κ2) is 6.80. The van der Waals surface area contributed by atoms with Crippen molar-refractivity contribution in [3.63, 3.8) is 0 Å². The monoisotopic (exact) mass is 410 g/mol. The number of nitrogens with zero attached hydrogens (tertiary/aromatic N) is 3. The molecule has 1 N–H and O–H groups in total. The highest BCUT2D eigenvalue weighted by molar-refractivity contribution is 6.05. The van der Waals surface area contributed by atoms with E-state index in [9.17, 15) is 14.4 Å². The number of piperidine rings is 1. The number of carbonyl (C=O) groups is 3. The summed E-state index contributed by atoms with van der Waals surface area (Å²) in [5, 5.41) is 2.36. The van der Waals surface area contributed by atoms with Crippen LogP contribution in [-0.4, -0.2) is 64.3 Å². The van der Waals surface area contributed by atoms with Crippen LogP contribution in [-0.2, 0) is 16.1 Å². The van der Waals surface area contributed by atoms with Gasteiger partial charge in [0.1, 0.15) is 6.04 Å². The van der Waals surface area contributed by atoms with Crippen molar-refractivity contribution < 1.29 is 14.4 Å². The number of imide groups is 1. The van der Waals surface area contributed by atoms with Gasteiger partial charge >= 0.3 is 0 Å². The first-order valence-corrected chi connectivity index (χ1v) is 11.0. The van der Waals surface area contributed by atoms with Gasteiger partial charge in [-0.1, -0.05) is 0 Å². The molecule has 3 saturated heterocycles. The van der Waals surface area contributed by atoms with E-state index in [-0.39, 0.29) is 29.7 Å². The lowest BCUT2D eigenvalue weighted by molar-refractivity contribution is -0.136. The van der Waals surface area contributed by atoms with Crippen LogP contribution in [0.2, 0.25) is 0 Å². The highest BCUT2D eigenvalue weighted by atomic mass is 16.2. The van der Waals surface area contributed by atoms with Crippen LogP contribution in [0.5, 0.6) is 0 Å². The third kappa shape index (κ3) is 3.11. The molecule has 0 saturated carbocycles. The Morgan fingerprint density at radius 2 is 1.70 bits per heavy atom. The van der Waals surface area contributed by atoms with Crippen LogP contribution in [0.3, 0.4) is 0 Å². The maximum absolute atomic E-state index is 12.9. The van der Waals surface area contributed by atoms with Gasteiger partial charge in [-0.2, -0.15) is 0 Å². The number of hydrogen-bond acceptors (Lipinski definition) is 5. The van der Waals surface area contributed by atoms with E-state index >= 15 is 0 Å². The Hall–Kier alpha value is -2.41. The number of nitrogens with one attached hydrogen (secondary N) is 1. The zero-order valence-electron chi connectivity index (χ0n) is 18.0. The Kier molecular flexibility index (Phi) is 4.43. The summed E-state index contributed by atoms with van der Waals surface area (Å²) in [7, 11) is 0. The molecule has 1 aromatic rings. The number of rotatable bonds is 2. The van der Waals surface area contributed by atoms with Gasteiger partial charge in [-0.25, -0.2) is 0 Å². The minimum atomic E-state index is -0.558. The Morgan fingerprint density at radius 1 is 1.00 bits per heavy atom. The molecule has 0 aromatic heterocycles. The average molecular weight is 411 g/mol. The van der Waals surface area contributed by atoms with Crippen molar-refractivity contribution in [2.24, 2.45) is 0 Å². The Morgan fingerprint density at radius 3 is 2.33 bits per heavy atom. The SMILES string of the molecule is CC(C)(C)N1C2CCC1CN(c1ccc3c(c1)CN([C@H]1CCC(=O)NC1=O)C3=O)C2. The molecule has 4 aliphatic rings. The maximum Gasteiger partial charge on any atom is 0.255 e. The number of fused-ring (bicyclic) bond motifs is 3. The molecule has 0 radical (unpaired) electrons. The molecule has 7 heteroatoms. The van der Waals surface area contributed by atoms with E-state index in [4.69, 9.17) is 0 Å². The molecule has 30 heavy (non-hydrogen) atoms. The van der Waals surface area contributed by atoms with Crippen LogP contribution in [0.25, 0.3) is 0 Å². The van der Waals surface area contributed by atoms with Crippen molar-refractivity contribution in [2.45, 2.75) is 76.7 Å². The van der Waals surface area contributed by atoms with E-state index in [0.29, 0.717) is 30.6 Å². The molecule has 2 unspecified atom stereocenters. The van der Waals surface area contributed by atoms with Gasteiger partial charge in [0.25, 0.3) is 5.91 Å². The summed E-state index contributed by atoms with van der Waals surface area (Å²) in [5.74, 6) is -0.724. The first-order chi connectivity index (χ1) is 14.2. The van der Waals surface area contributed by atoms with Gasteiger partial charge in [0.15, 0.2) is 0 Å². The summed E-state index contributed by atoms with van der Waals surface area (Å²) in [4.78, 5) is 43.4. The molecule has 1 aromatic carbocycles. The fourth-order valence-corrected chi connectivity index (χ4v) is 5.97. The number of amides is 3. The Balaban J connectivity index is 1.34. The molecule has 4 heterocycles. The van der Waals surface area contributed by atoms with E-state index in [1.165, 1.54) is 12.8 Å². The summed E-state index contributed by atoms with van der Waals surface area (Å²) >= 11 is 0. The summed E-state index contributed by atoms with van der Waals surface area (Å²) < 4.78 is 0. The molecule has 2 bridgehead atoms. The summed E-state index contributed by atoms with van der Waals surface area (Å²) in [6, 6.07) is 6.67. The van der Waals surface area contributed by atoms with Crippen molar-refractivity contribution in [1.82, 2.24) is 15.1 Å². The Labute approximate surface area is 177 Å². The van der Waals surface area contributed by atoms with E-state index in [0.717, 1.165) is 24.3 Å². The highest BCUT2D eigenvalue weighted by Gasteiger charge is 2.45. The van der Waals surface area contributed by atoms with Crippen molar-refractivity contribution in [3.05, 3.63) is 29.3 Å². The lowest BCUT2D eigenvalue weighted by Gasteiger charge is -2.48. The smallest absolute Gasteiger partial charge is 0.255 e. The quantitative estimate of drug-likeness (QED) is 0.754. The fourth-order valence-electron chi connectivity index (χ4n) is 5.97. The molecule has 160 valence electrons. The number of anilines is 1. The van der Waals surface area contributed by atoms with Crippen LogP contribution >= 0.6 is 0 Å². The van der Waals surface area contributed by atoms with Crippen LogP contribution in [0.4, 0.5) is 5.69 Å². The minimum absolute atomic E-state index is 0.108. The van der Waals surface area contributed by atoms with Crippen LogP contribution < -0.4 is 10.2 Å². The van der Waals surface area contributed by atoms with Gasteiger partial charge in [0.2, 0.25) is 11.8 Å². The lowest BCUT2D eigenvalue weighted by atomic mass is 9.99. The van der Waals surface area contributed by atoms with Gasteiger partial charge in [-0.05, 0) is 63.8 Å². The largest absolute Gasteiger partial charge is 0.368 e. The first-order valence-electron chi connectivity index (χ1n) is 11.0. The number of carbonyl (C=O) groups excluding carboxylic acids is 3. The number of benzene rings is 1. The van der Waals surface area contributed by atoms with Crippen LogP contribution in [0, 0.1) is 0 Å². The summed E-state index contributed by atoms with van der Waals surface area (Å²) in [6.07, 6.45) is 3.16. The summed E-state index contributed by atoms with van der Waals surface area (Å²) in [5.41, 5.74) is 3.01. The predicted octanol–water partition coefficient (Wildman–Crippen LogP) is 1.90. The van der Waals surface area contributed by atoms with Crippen LogP contribution in [0.1, 0.15) is 62.4 Å². The number of hydrogen-bond donors (Lipinski definition) is 1. The van der Waals surface area contributed by atoms with Gasteiger partial charge in [-0.3, -0.25) is 24.6 Å². The molecule has 3 amide bonds. The highest BCUT2D eigenvalue weighted by Crippen LogP contribution is 2.38. The van der Waals surface area contributed by atoms with Crippen LogP contribution in [0.15, 0.2) is 18.2 Å². The molecule has 7 nitrogen and oxygen atoms in total. The summed E-state index contributed by atoms with van der Waals surface area (Å²) in [6.45, 7) is 9.37. The van der Waals surface area contributed by atoms with Gasteiger partial charge in [0.05, 0.1) is 0 Å². The second-order valence-electron chi connectivity index (χ2n) is 10.1. The van der Waals surface area contributed by atoms with E-state index in [1.54, 1.807) is 4.90 Å². The van der Waals surface area contributed by atoms with Crippen molar-refractivity contribution in [2.75, 3.05) is 18.0 Å². The van der Waals surface area contributed by atoms with E-state index in [1.807, 2.05) is 6.07 Å². The average Bonchev–Trinajstić information content (AvgIpc) is 3.15. The first kappa shape index (κ1) is 19.5. The zero-order valence-corrected chi connectivity index (χ0v) is 18.0. The topological polar surface area (TPSA) is 73.0 Å². The predicted molar refractivity (Wildman–Crippen MR) is 113 cm³/mol. The van der Waals surface area contributed by atoms with E-state index in [2.05, 4.69) is 48.0 Å². The number of piperazine rings is 1. The van der Waals surface area contributed by atoms with Crippen molar-refractivity contribution in [1.29, 1.82) is 0 Å².